The van der Waals surface area contributed by atoms with Gasteiger partial charge < -0.3 is 15.4 Å². The molecule has 0 fully saturated rings. The lowest BCUT2D eigenvalue weighted by molar-refractivity contribution is -0.118. The highest BCUT2D eigenvalue weighted by Gasteiger charge is 2.16. The van der Waals surface area contributed by atoms with Crippen molar-refractivity contribution in [1.29, 1.82) is 0 Å². The number of hydrogen-bond acceptors (Lipinski definition) is 3. The van der Waals surface area contributed by atoms with Gasteiger partial charge in [-0.05, 0) is 53.3 Å². The van der Waals surface area contributed by atoms with Crippen LogP contribution in [-0.4, -0.2) is 18.4 Å². The van der Waals surface area contributed by atoms with E-state index in [1.54, 1.807) is 6.07 Å². The third kappa shape index (κ3) is 4.42. The Hall–Kier alpha value is -2.82. The number of benzene rings is 2. The van der Waals surface area contributed by atoms with Gasteiger partial charge in [0.25, 0.3) is 5.91 Å². The number of fused-ring (bicyclic) bond motifs is 1. The Bertz CT molecular complexity index is 820. The lowest BCUT2D eigenvalue weighted by Crippen LogP contribution is -2.21. The number of carbonyl (C=O) groups excluding carboxylic acids is 2. The largest absolute Gasteiger partial charge is 0.484 e. The maximum absolute atomic E-state index is 12.1. The van der Waals surface area contributed by atoms with E-state index in [0.717, 1.165) is 11.3 Å². The average molecular weight is 352 g/mol. The van der Waals surface area contributed by atoms with Crippen LogP contribution in [0.25, 0.3) is 0 Å². The molecule has 1 aliphatic heterocycles. The van der Waals surface area contributed by atoms with Gasteiger partial charge in [0, 0.05) is 17.8 Å². The van der Waals surface area contributed by atoms with Crippen molar-refractivity contribution >= 4 is 23.2 Å². The van der Waals surface area contributed by atoms with E-state index in [1.165, 1.54) is 5.56 Å². The SMILES string of the molecule is CC(C)(C)c1ccc(OCC(=O)Nc2ccc3c(c2)CCC(=O)N3)cc1. The highest BCUT2D eigenvalue weighted by Crippen LogP contribution is 2.26. The normalized spacial score (nSPS) is 13.6. The number of aryl methyl sites for hydroxylation is 1. The van der Waals surface area contributed by atoms with E-state index in [1.807, 2.05) is 36.4 Å². The van der Waals surface area contributed by atoms with Crippen molar-refractivity contribution in [3.8, 4) is 5.75 Å². The molecular weight excluding hydrogens is 328 g/mol. The van der Waals surface area contributed by atoms with Crippen molar-refractivity contribution in [2.75, 3.05) is 17.2 Å². The van der Waals surface area contributed by atoms with Crippen LogP contribution in [-0.2, 0) is 21.4 Å². The molecule has 0 saturated heterocycles. The quantitative estimate of drug-likeness (QED) is 0.877. The van der Waals surface area contributed by atoms with Gasteiger partial charge in [0.2, 0.25) is 5.91 Å². The molecule has 0 aliphatic carbocycles. The Morgan fingerprint density at radius 2 is 1.85 bits per heavy atom. The smallest absolute Gasteiger partial charge is 0.262 e. The third-order valence-corrected chi connectivity index (χ3v) is 4.37. The van der Waals surface area contributed by atoms with E-state index in [4.69, 9.17) is 4.74 Å². The Balaban J connectivity index is 1.55. The van der Waals surface area contributed by atoms with Crippen LogP contribution in [0.15, 0.2) is 42.5 Å². The van der Waals surface area contributed by atoms with Gasteiger partial charge in [-0.15, -0.1) is 0 Å². The zero-order valence-corrected chi connectivity index (χ0v) is 15.4. The molecular formula is C21H24N2O3. The van der Waals surface area contributed by atoms with E-state index < -0.39 is 0 Å². The van der Waals surface area contributed by atoms with E-state index >= 15 is 0 Å². The molecule has 5 nitrogen and oxygen atoms in total. The molecule has 0 spiro atoms. The lowest BCUT2D eigenvalue weighted by atomic mass is 9.87. The van der Waals surface area contributed by atoms with Crippen LogP contribution in [0.4, 0.5) is 11.4 Å². The summed E-state index contributed by atoms with van der Waals surface area (Å²) < 4.78 is 5.57. The summed E-state index contributed by atoms with van der Waals surface area (Å²) >= 11 is 0. The fraction of sp³-hybridized carbons (Fsp3) is 0.333. The van der Waals surface area contributed by atoms with Crippen LogP contribution in [0.5, 0.6) is 5.75 Å². The fourth-order valence-electron chi connectivity index (χ4n) is 2.86. The Morgan fingerprint density at radius 3 is 2.54 bits per heavy atom. The molecule has 3 rings (SSSR count). The number of anilines is 2. The summed E-state index contributed by atoms with van der Waals surface area (Å²) in [5.41, 5.74) is 3.85. The minimum absolute atomic E-state index is 0.0279. The molecule has 2 N–H and O–H groups in total. The second kappa shape index (κ2) is 7.20. The van der Waals surface area contributed by atoms with Gasteiger partial charge >= 0.3 is 0 Å². The van der Waals surface area contributed by atoms with E-state index in [2.05, 4.69) is 31.4 Å². The first kappa shape index (κ1) is 18.0. The molecule has 2 aromatic rings. The highest BCUT2D eigenvalue weighted by atomic mass is 16.5. The average Bonchev–Trinajstić information content (AvgIpc) is 2.60. The third-order valence-electron chi connectivity index (χ3n) is 4.37. The van der Waals surface area contributed by atoms with Gasteiger partial charge in [0.1, 0.15) is 5.75 Å². The summed E-state index contributed by atoms with van der Waals surface area (Å²) in [7, 11) is 0. The highest BCUT2D eigenvalue weighted by molar-refractivity contribution is 5.96. The number of ether oxygens (including phenoxy) is 1. The van der Waals surface area contributed by atoms with Crippen molar-refractivity contribution in [2.24, 2.45) is 0 Å². The minimum atomic E-state index is -0.218. The summed E-state index contributed by atoms with van der Waals surface area (Å²) in [5.74, 6) is 0.478. The van der Waals surface area contributed by atoms with Crippen molar-refractivity contribution in [3.63, 3.8) is 0 Å². The predicted octanol–water partition coefficient (Wildman–Crippen LogP) is 3.89. The summed E-state index contributed by atoms with van der Waals surface area (Å²) in [5, 5.41) is 5.66. The van der Waals surface area contributed by atoms with E-state index in [0.29, 0.717) is 24.3 Å². The number of nitrogens with one attached hydrogen (secondary N) is 2. The monoisotopic (exact) mass is 352 g/mol. The van der Waals surface area contributed by atoms with Crippen molar-refractivity contribution in [2.45, 2.75) is 39.0 Å². The van der Waals surface area contributed by atoms with Crippen LogP contribution in [0, 0.1) is 0 Å². The molecule has 0 saturated carbocycles. The van der Waals surface area contributed by atoms with Crippen molar-refractivity contribution in [3.05, 3.63) is 53.6 Å². The van der Waals surface area contributed by atoms with Crippen LogP contribution in [0.3, 0.4) is 0 Å². The first-order valence-electron chi connectivity index (χ1n) is 8.77. The van der Waals surface area contributed by atoms with Gasteiger partial charge in [-0.2, -0.15) is 0 Å². The molecule has 26 heavy (non-hydrogen) atoms. The molecule has 5 heteroatoms. The number of hydrogen-bond donors (Lipinski definition) is 2. The Morgan fingerprint density at radius 1 is 1.12 bits per heavy atom. The molecule has 2 amide bonds. The standard InChI is InChI=1S/C21H24N2O3/c1-21(2,3)15-5-8-17(9-6-15)26-13-20(25)22-16-7-10-18-14(12-16)4-11-19(24)23-18/h5-10,12H,4,11,13H2,1-3H3,(H,22,25)(H,23,24). The molecule has 1 heterocycles. The van der Waals surface area contributed by atoms with Crippen LogP contribution in [0.2, 0.25) is 0 Å². The van der Waals surface area contributed by atoms with Crippen molar-refractivity contribution < 1.29 is 14.3 Å². The van der Waals surface area contributed by atoms with E-state index in [9.17, 15) is 9.59 Å². The molecule has 0 bridgehead atoms. The topological polar surface area (TPSA) is 67.4 Å². The van der Waals surface area contributed by atoms with Gasteiger partial charge in [0.15, 0.2) is 6.61 Å². The summed E-state index contributed by atoms with van der Waals surface area (Å²) in [6.07, 6.45) is 1.15. The Labute approximate surface area is 153 Å². The summed E-state index contributed by atoms with van der Waals surface area (Å²) in [4.78, 5) is 23.5. The maximum atomic E-state index is 12.1. The van der Waals surface area contributed by atoms with Gasteiger partial charge in [-0.25, -0.2) is 0 Å². The number of rotatable bonds is 4. The lowest BCUT2D eigenvalue weighted by Gasteiger charge is -2.19. The van der Waals surface area contributed by atoms with Crippen LogP contribution >= 0.6 is 0 Å². The van der Waals surface area contributed by atoms with Gasteiger partial charge in [-0.3, -0.25) is 9.59 Å². The zero-order valence-electron chi connectivity index (χ0n) is 15.4. The van der Waals surface area contributed by atoms with E-state index in [-0.39, 0.29) is 23.8 Å². The predicted molar refractivity (Wildman–Crippen MR) is 103 cm³/mol. The first-order chi connectivity index (χ1) is 12.3. The first-order valence-corrected chi connectivity index (χ1v) is 8.77. The van der Waals surface area contributed by atoms with Gasteiger partial charge in [0.05, 0.1) is 0 Å². The molecule has 0 radical (unpaired) electrons. The van der Waals surface area contributed by atoms with Crippen molar-refractivity contribution in [1.82, 2.24) is 0 Å². The van der Waals surface area contributed by atoms with Gasteiger partial charge in [-0.1, -0.05) is 32.9 Å². The molecule has 136 valence electrons. The molecule has 0 atom stereocenters. The second-order valence-electron chi connectivity index (χ2n) is 7.53. The minimum Gasteiger partial charge on any atom is -0.484 e. The van der Waals surface area contributed by atoms with Crippen LogP contribution in [0.1, 0.15) is 38.3 Å². The maximum Gasteiger partial charge on any atom is 0.262 e. The number of carbonyl (C=O) groups is 2. The van der Waals surface area contributed by atoms with Crippen LogP contribution < -0.4 is 15.4 Å². The number of amides is 2. The summed E-state index contributed by atoms with van der Waals surface area (Å²) in [6, 6.07) is 13.3. The zero-order chi connectivity index (χ0) is 18.7. The molecule has 1 aliphatic rings. The Kier molecular flexibility index (Phi) is 4.98. The second-order valence-corrected chi connectivity index (χ2v) is 7.53. The molecule has 2 aromatic carbocycles. The molecule has 0 aromatic heterocycles. The summed E-state index contributed by atoms with van der Waals surface area (Å²) in [6.45, 7) is 6.41. The fourth-order valence-corrected chi connectivity index (χ4v) is 2.86. The molecule has 0 unspecified atom stereocenters.